The number of rotatable bonds is 4. The number of hydrogen-bond donors (Lipinski definition) is 3. The van der Waals surface area contributed by atoms with E-state index >= 15 is 0 Å². The molecule has 5 N–H and O–H groups in total. The molecule has 1 aromatic heterocycles. The number of aromatic nitrogens is 2. The minimum absolute atomic E-state index is 0.0566. The van der Waals surface area contributed by atoms with Gasteiger partial charge in [0.1, 0.15) is 23.5 Å². The molecule has 0 fully saturated rings. The number of nitrogen functional groups attached to an aromatic ring is 1. The average Bonchev–Trinajstić information content (AvgIpc) is 2.28. The van der Waals surface area contributed by atoms with Crippen molar-refractivity contribution >= 4 is 17.5 Å². The summed E-state index contributed by atoms with van der Waals surface area (Å²) in [5.41, 5.74) is 11.9. The summed E-state index contributed by atoms with van der Waals surface area (Å²) in [6, 6.07) is -0.490. The number of primary amides is 1. The van der Waals surface area contributed by atoms with Gasteiger partial charge in [0.05, 0.1) is 0 Å². The molecule has 1 heterocycles. The first-order valence-corrected chi connectivity index (χ1v) is 6.74. The fraction of sp³-hybridized carbons (Fsp3) is 0.643. The molecule has 0 spiro atoms. The molecule has 20 heavy (non-hydrogen) atoms. The van der Waals surface area contributed by atoms with Crippen molar-refractivity contribution in [2.45, 2.75) is 53.0 Å². The van der Waals surface area contributed by atoms with Gasteiger partial charge in [-0.1, -0.05) is 34.6 Å². The van der Waals surface area contributed by atoms with Crippen LogP contribution in [0, 0.1) is 12.8 Å². The maximum absolute atomic E-state index is 11.5. The highest BCUT2D eigenvalue weighted by Crippen LogP contribution is 2.25. The van der Waals surface area contributed by atoms with Gasteiger partial charge < -0.3 is 16.8 Å². The van der Waals surface area contributed by atoms with E-state index in [0.717, 1.165) is 5.56 Å². The van der Waals surface area contributed by atoms with Gasteiger partial charge in [-0.15, -0.1) is 0 Å². The van der Waals surface area contributed by atoms with Crippen LogP contribution in [-0.4, -0.2) is 21.9 Å². The van der Waals surface area contributed by atoms with E-state index in [9.17, 15) is 4.79 Å². The Morgan fingerprint density at radius 3 is 2.20 bits per heavy atom. The van der Waals surface area contributed by atoms with Gasteiger partial charge in [-0.05, 0) is 12.8 Å². The molecule has 0 aliphatic rings. The van der Waals surface area contributed by atoms with E-state index in [-0.39, 0.29) is 11.3 Å². The highest BCUT2D eigenvalue weighted by atomic mass is 16.1. The third-order valence-electron chi connectivity index (χ3n) is 3.12. The monoisotopic (exact) mass is 279 g/mol. The molecule has 0 saturated carbocycles. The summed E-state index contributed by atoms with van der Waals surface area (Å²) < 4.78 is 0. The van der Waals surface area contributed by atoms with Crippen LogP contribution in [0.3, 0.4) is 0 Å². The minimum atomic E-state index is -0.490. The molecular weight excluding hydrogens is 254 g/mol. The molecule has 0 aliphatic heterocycles. The van der Waals surface area contributed by atoms with E-state index in [2.05, 4.69) is 15.3 Å². The Labute approximate surface area is 120 Å². The van der Waals surface area contributed by atoms with Crippen molar-refractivity contribution in [1.82, 2.24) is 9.97 Å². The summed E-state index contributed by atoms with van der Waals surface area (Å²) >= 11 is 0. The van der Waals surface area contributed by atoms with Crippen molar-refractivity contribution in [1.29, 1.82) is 0 Å². The van der Waals surface area contributed by atoms with Gasteiger partial charge in [0.15, 0.2) is 0 Å². The van der Waals surface area contributed by atoms with Gasteiger partial charge in [-0.3, -0.25) is 4.79 Å². The standard InChI is InChI=1S/C14H25N5O/c1-7(2)9(11(16)20)17-12-8(3)10(15)18-13(19-12)14(4,5)6/h7,9H,1-6H3,(H2,16,20)(H3,15,17,18,19). The second kappa shape index (κ2) is 5.64. The normalized spacial score (nSPS) is 13.3. The summed E-state index contributed by atoms with van der Waals surface area (Å²) in [5, 5.41) is 3.09. The quantitative estimate of drug-likeness (QED) is 0.775. The van der Waals surface area contributed by atoms with E-state index < -0.39 is 11.9 Å². The molecule has 6 heteroatoms. The van der Waals surface area contributed by atoms with Crippen molar-refractivity contribution in [2.75, 3.05) is 11.1 Å². The third-order valence-corrected chi connectivity index (χ3v) is 3.12. The van der Waals surface area contributed by atoms with Crippen LogP contribution in [0.1, 0.15) is 46.0 Å². The highest BCUT2D eigenvalue weighted by Gasteiger charge is 2.24. The Morgan fingerprint density at radius 1 is 1.25 bits per heavy atom. The summed E-state index contributed by atoms with van der Waals surface area (Å²) in [6.45, 7) is 11.7. The van der Waals surface area contributed by atoms with Gasteiger partial charge in [-0.25, -0.2) is 9.97 Å². The Hall–Kier alpha value is -1.85. The topological polar surface area (TPSA) is 107 Å². The summed E-state index contributed by atoms with van der Waals surface area (Å²) in [5.74, 6) is 1.27. The molecule has 1 unspecified atom stereocenters. The lowest BCUT2D eigenvalue weighted by Gasteiger charge is -2.23. The largest absolute Gasteiger partial charge is 0.383 e. The maximum atomic E-state index is 11.5. The number of nitrogens with two attached hydrogens (primary N) is 2. The van der Waals surface area contributed by atoms with Crippen molar-refractivity contribution in [3.63, 3.8) is 0 Å². The lowest BCUT2D eigenvalue weighted by atomic mass is 9.95. The summed E-state index contributed by atoms with van der Waals surface area (Å²) in [6.07, 6.45) is 0. The first-order valence-electron chi connectivity index (χ1n) is 6.74. The van der Waals surface area contributed by atoms with Crippen LogP contribution in [0.2, 0.25) is 0 Å². The number of carbonyl (C=O) groups excluding carboxylic acids is 1. The van der Waals surface area contributed by atoms with Crippen LogP contribution < -0.4 is 16.8 Å². The Balaban J connectivity index is 3.24. The Kier molecular flexibility index (Phi) is 4.57. The molecule has 0 radical (unpaired) electrons. The Bertz CT molecular complexity index is 505. The van der Waals surface area contributed by atoms with Crippen LogP contribution in [0.15, 0.2) is 0 Å². The molecule has 112 valence electrons. The summed E-state index contributed by atoms with van der Waals surface area (Å²) in [7, 11) is 0. The van der Waals surface area contributed by atoms with Gasteiger partial charge in [0.2, 0.25) is 5.91 Å². The average molecular weight is 279 g/mol. The number of amides is 1. The molecule has 1 rings (SSSR count). The Morgan fingerprint density at radius 2 is 1.80 bits per heavy atom. The van der Waals surface area contributed by atoms with Gasteiger partial charge in [0, 0.05) is 11.0 Å². The van der Waals surface area contributed by atoms with Crippen molar-refractivity contribution in [2.24, 2.45) is 11.7 Å². The second-order valence-corrected chi connectivity index (χ2v) is 6.42. The van der Waals surface area contributed by atoms with Crippen LogP contribution in [-0.2, 0) is 10.2 Å². The number of nitrogens with zero attached hydrogens (tertiary/aromatic N) is 2. The molecule has 0 saturated heterocycles. The fourth-order valence-electron chi connectivity index (χ4n) is 1.72. The van der Waals surface area contributed by atoms with Gasteiger partial charge in [0.25, 0.3) is 0 Å². The second-order valence-electron chi connectivity index (χ2n) is 6.42. The number of nitrogens with one attached hydrogen (secondary N) is 1. The predicted octanol–water partition coefficient (Wildman–Crippen LogP) is 1.59. The molecule has 0 aromatic carbocycles. The molecule has 1 aromatic rings. The molecule has 0 aliphatic carbocycles. The third kappa shape index (κ3) is 3.59. The van der Waals surface area contributed by atoms with Crippen LogP contribution >= 0.6 is 0 Å². The predicted molar refractivity (Wildman–Crippen MR) is 81.3 cm³/mol. The zero-order valence-corrected chi connectivity index (χ0v) is 13.1. The van der Waals surface area contributed by atoms with E-state index in [1.165, 1.54) is 0 Å². The summed E-state index contributed by atoms with van der Waals surface area (Å²) in [4.78, 5) is 20.3. The van der Waals surface area contributed by atoms with E-state index in [1.54, 1.807) is 0 Å². The number of hydrogen-bond acceptors (Lipinski definition) is 5. The molecule has 6 nitrogen and oxygen atoms in total. The van der Waals surface area contributed by atoms with Crippen molar-refractivity contribution in [3.8, 4) is 0 Å². The lowest BCUT2D eigenvalue weighted by molar-refractivity contribution is -0.119. The highest BCUT2D eigenvalue weighted by molar-refractivity contribution is 5.83. The van der Waals surface area contributed by atoms with Crippen LogP contribution in [0.5, 0.6) is 0 Å². The van der Waals surface area contributed by atoms with Crippen LogP contribution in [0.25, 0.3) is 0 Å². The number of carbonyl (C=O) groups is 1. The van der Waals surface area contributed by atoms with E-state index in [4.69, 9.17) is 11.5 Å². The lowest BCUT2D eigenvalue weighted by Crippen LogP contribution is -2.40. The van der Waals surface area contributed by atoms with E-state index in [0.29, 0.717) is 17.5 Å². The SMILES string of the molecule is Cc1c(N)nc(C(C)(C)C)nc1NC(C(N)=O)C(C)C. The van der Waals surface area contributed by atoms with Crippen molar-refractivity contribution < 1.29 is 4.79 Å². The molecule has 1 amide bonds. The first kappa shape index (κ1) is 16.2. The van der Waals surface area contributed by atoms with Gasteiger partial charge >= 0.3 is 0 Å². The molecule has 0 bridgehead atoms. The zero-order chi connectivity index (χ0) is 15.7. The molecule has 1 atom stereocenters. The van der Waals surface area contributed by atoms with Gasteiger partial charge in [-0.2, -0.15) is 0 Å². The smallest absolute Gasteiger partial charge is 0.240 e. The number of anilines is 2. The fourth-order valence-corrected chi connectivity index (χ4v) is 1.72. The zero-order valence-electron chi connectivity index (χ0n) is 13.1. The first-order chi connectivity index (χ1) is 9.04. The maximum Gasteiger partial charge on any atom is 0.240 e. The minimum Gasteiger partial charge on any atom is -0.383 e. The van der Waals surface area contributed by atoms with Crippen LogP contribution in [0.4, 0.5) is 11.6 Å². The molecular formula is C14H25N5O. The van der Waals surface area contributed by atoms with Crippen molar-refractivity contribution in [3.05, 3.63) is 11.4 Å². The van der Waals surface area contributed by atoms with E-state index in [1.807, 2.05) is 41.5 Å².